The fraction of sp³-hybridized carbons (Fsp3) is 0.381. The maximum absolute atomic E-state index is 12.5. The van der Waals surface area contributed by atoms with Crippen molar-refractivity contribution in [3.05, 3.63) is 59.7 Å². The Morgan fingerprint density at radius 1 is 1.15 bits per heavy atom. The molecule has 1 amide bonds. The molecule has 0 radical (unpaired) electrons. The number of likely N-dealkylation sites (tertiary alicyclic amines) is 1. The van der Waals surface area contributed by atoms with E-state index in [0.29, 0.717) is 13.1 Å². The van der Waals surface area contributed by atoms with Crippen molar-refractivity contribution in [1.29, 1.82) is 0 Å². The van der Waals surface area contributed by atoms with Crippen LogP contribution in [0.4, 0.5) is 0 Å². The molecule has 1 aliphatic rings. The molecule has 1 aliphatic heterocycles. The van der Waals surface area contributed by atoms with Crippen LogP contribution >= 0.6 is 0 Å². The fourth-order valence-electron chi connectivity index (χ4n) is 3.52. The van der Waals surface area contributed by atoms with Gasteiger partial charge in [0.15, 0.2) is 0 Å². The highest BCUT2D eigenvalue weighted by atomic mass is 16.5. The zero-order chi connectivity index (χ0) is 18.4. The maximum atomic E-state index is 12.5. The molecule has 0 bridgehead atoms. The minimum Gasteiger partial charge on any atom is -0.497 e. The van der Waals surface area contributed by atoms with Crippen molar-refractivity contribution in [1.82, 2.24) is 10.2 Å². The van der Waals surface area contributed by atoms with Gasteiger partial charge >= 0.3 is 0 Å². The van der Waals surface area contributed by atoms with Crippen LogP contribution < -0.4 is 14.8 Å². The largest absolute Gasteiger partial charge is 0.497 e. The molecule has 1 N–H and O–H groups in total. The van der Waals surface area contributed by atoms with E-state index in [4.69, 9.17) is 9.47 Å². The molecule has 0 saturated carbocycles. The molecule has 1 atom stereocenters. The lowest BCUT2D eigenvalue weighted by atomic mass is 10.0. The average Bonchev–Trinajstić information content (AvgIpc) is 3.14. The van der Waals surface area contributed by atoms with Crippen molar-refractivity contribution in [3.8, 4) is 11.5 Å². The van der Waals surface area contributed by atoms with Gasteiger partial charge in [0.2, 0.25) is 5.91 Å². The molecule has 2 aromatic carbocycles. The van der Waals surface area contributed by atoms with E-state index in [2.05, 4.69) is 22.3 Å². The van der Waals surface area contributed by atoms with Gasteiger partial charge in [0.1, 0.15) is 11.5 Å². The summed E-state index contributed by atoms with van der Waals surface area (Å²) in [6.45, 7) is 1.81. The third-order valence-electron chi connectivity index (χ3n) is 4.86. The number of benzene rings is 2. The first-order chi connectivity index (χ1) is 12.7. The van der Waals surface area contributed by atoms with Gasteiger partial charge in [-0.25, -0.2) is 0 Å². The van der Waals surface area contributed by atoms with Gasteiger partial charge < -0.3 is 14.8 Å². The Kier molecular flexibility index (Phi) is 6.12. The van der Waals surface area contributed by atoms with Crippen LogP contribution in [0.1, 0.15) is 30.0 Å². The van der Waals surface area contributed by atoms with Crippen LogP contribution in [0.2, 0.25) is 0 Å². The summed E-state index contributed by atoms with van der Waals surface area (Å²) in [5, 5.41) is 3.01. The highest BCUT2D eigenvalue weighted by molar-refractivity contribution is 5.78. The van der Waals surface area contributed by atoms with Crippen LogP contribution in [0.3, 0.4) is 0 Å². The minimum absolute atomic E-state index is 0.0331. The Balaban J connectivity index is 1.59. The molecule has 5 heteroatoms. The van der Waals surface area contributed by atoms with Gasteiger partial charge in [-0.1, -0.05) is 30.3 Å². The van der Waals surface area contributed by atoms with E-state index in [0.717, 1.165) is 36.4 Å². The lowest BCUT2D eigenvalue weighted by Crippen LogP contribution is -2.36. The van der Waals surface area contributed by atoms with Crippen LogP contribution in [0.25, 0.3) is 0 Å². The number of nitrogens with one attached hydrogen (secondary N) is 1. The smallest absolute Gasteiger partial charge is 0.234 e. The van der Waals surface area contributed by atoms with Gasteiger partial charge in [0, 0.05) is 18.2 Å². The summed E-state index contributed by atoms with van der Waals surface area (Å²) in [6, 6.07) is 16.1. The molecule has 0 aliphatic carbocycles. The van der Waals surface area contributed by atoms with E-state index < -0.39 is 0 Å². The number of rotatable bonds is 7. The van der Waals surface area contributed by atoms with E-state index in [-0.39, 0.29) is 11.9 Å². The van der Waals surface area contributed by atoms with Crippen LogP contribution in [0.5, 0.6) is 11.5 Å². The number of nitrogens with zero attached hydrogens (tertiary/aromatic N) is 1. The van der Waals surface area contributed by atoms with Crippen molar-refractivity contribution >= 4 is 5.91 Å². The second-order valence-electron chi connectivity index (χ2n) is 6.49. The molecule has 1 unspecified atom stereocenters. The van der Waals surface area contributed by atoms with E-state index >= 15 is 0 Å². The second kappa shape index (κ2) is 8.72. The molecule has 3 rings (SSSR count). The van der Waals surface area contributed by atoms with Crippen molar-refractivity contribution in [2.24, 2.45) is 0 Å². The van der Waals surface area contributed by atoms with Gasteiger partial charge in [0.25, 0.3) is 0 Å². The first kappa shape index (κ1) is 18.3. The number of carbonyl (C=O) groups excluding carboxylic acids is 1. The molecule has 1 saturated heterocycles. The lowest BCUT2D eigenvalue weighted by Gasteiger charge is -2.24. The maximum Gasteiger partial charge on any atom is 0.234 e. The van der Waals surface area contributed by atoms with Crippen molar-refractivity contribution in [2.75, 3.05) is 27.3 Å². The average molecular weight is 354 g/mol. The fourth-order valence-corrected chi connectivity index (χ4v) is 3.52. The standard InChI is InChI=1S/C21H26N2O3/c1-25-18-9-5-8-16(13-18)19-10-6-12-23(19)15-21(24)22-14-17-7-3-4-11-20(17)26-2/h3-5,7-9,11,13,19H,6,10,12,14-15H2,1-2H3,(H,22,24). The van der Waals surface area contributed by atoms with Crippen molar-refractivity contribution in [3.63, 3.8) is 0 Å². The first-order valence-corrected chi connectivity index (χ1v) is 8.98. The Bertz CT molecular complexity index is 748. The third-order valence-corrected chi connectivity index (χ3v) is 4.86. The second-order valence-corrected chi connectivity index (χ2v) is 6.49. The van der Waals surface area contributed by atoms with Crippen LogP contribution in [-0.2, 0) is 11.3 Å². The van der Waals surface area contributed by atoms with Crippen molar-refractivity contribution < 1.29 is 14.3 Å². The minimum atomic E-state index is 0.0331. The van der Waals surface area contributed by atoms with Gasteiger partial charge in [-0.2, -0.15) is 0 Å². The Hall–Kier alpha value is -2.53. The van der Waals surface area contributed by atoms with E-state index in [1.807, 2.05) is 36.4 Å². The van der Waals surface area contributed by atoms with E-state index in [1.54, 1.807) is 14.2 Å². The number of methoxy groups -OCH3 is 2. The predicted octanol–water partition coefficient (Wildman–Crippen LogP) is 3.16. The van der Waals surface area contributed by atoms with Gasteiger partial charge in [-0.3, -0.25) is 9.69 Å². The first-order valence-electron chi connectivity index (χ1n) is 8.98. The summed E-state index contributed by atoms with van der Waals surface area (Å²) in [6.07, 6.45) is 2.16. The highest BCUT2D eigenvalue weighted by Gasteiger charge is 2.27. The predicted molar refractivity (Wildman–Crippen MR) is 101 cm³/mol. The number of carbonyl (C=O) groups is 1. The molecule has 5 nitrogen and oxygen atoms in total. The summed E-state index contributed by atoms with van der Waals surface area (Å²) < 4.78 is 10.7. The number of hydrogen-bond donors (Lipinski definition) is 1. The number of amides is 1. The van der Waals surface area contributed by atoms with Crippen molar-refractivity contribution in [2.45, 2.75) is 25.4 Å². The number of ether oxygens (including phenoxy) is 2. The lowest BCUT2D eigenvalue weighted by molar-refractivity contribution is -0.122. The molecule has 0 aromatic heterocycles. The molecule has 26 heavy (non-hydrogen) atoms. The SMILES string of the molecule is COc1cccc(C2CCCN2CC(=O)NCc2ccccc2OC)c1. The molecular formula is C21H26N2O3. The molecular weight excluding hydrogens is 328 g/mol. The van der Waals surface area contributed by atoms with Crippen LogP contribution in [0, 0.1) is 0 Å². The van der Waals surface area contributed by atoms with Gasteiger partial charge in [0.05, 0.1) is 20.8 Å². The zero-order valence-corrected chi connectivity index (χ0v) is 15.4. The summed E-state index contributed by atoms with van der Waals surface area (Å²) in [4.78, 5) is 14.7. The normalized spacial score (nSPS) is 17.1. The third kappa shape index (κ3) is 4.35. The van der Waals surface area contributed by atoms with Crippen LogP contribution in [0.15, 0.2) is 48.5 Å². The molecule has 1 heterocycles. The number of hydrogen-bond acceptors (Lipinski definition) is 4. The molecule has 1 fully saturated rings. The summed E-state index contributed by atoms with van der Waals surface area (Å²) in [5.74, 6) is 1.68. The highest BCUT2D eigenvalue weighted by Crippen LogP contribution is 2.33. The molecule has 138 valence electrons. The van der Waals surface area contributed by atoms with Gasteiger partial charge in [-0.15, -0.1) is 0 Å². The zero-order valence-electron chi connectivity index (χ0n) is 15.4. The van der Waals surface area contributed by atoms with E-state index in [1.165, 1.54) is 5.56 Å². The summed E-state index contributed by atoms with van der Waals surface area (Å²) in [7, 11) is 3.32. The van der Waals surface area contributed by atoms with Crippen LogP contribution in [-0.4, -0.2) is 38.1 Å². The summed E-state index contributed by atoms with van der Waals surface area (Å²) in [5.41, 5.74) is 2.19. The molecule has 0 spiro atoms. The molecule has 2 aromatic rings. The van der Waals surface area contributed by atoms with Gasteiger partial charge in [-0.05, 0) is 43.1 Å². The Labute approximate surface area is 154 Å². The summed E-state index contributed by atoms with van der Waals surface area (Å²) >= 11 is 0. The van der Waals surface area contributed by atoms with E-state index in [9.17, 15) is 4.79 Å². The quantitative estimate of drug-likeness (QED) is 0.830. The topological polar surface area (TPSA) is 50.8 Å². The Morgan fingerprint density at radius 2 is 2.00 bits per heavy atom. The number of para-hydroxylation sites is 1. The Morgan fingerprint density at radius 3 is 2.81 bits per heavy atom. The monoisotopic (exact) mass is 354 g/mol.